The zero-order valence-corrected chi connectivity index (χ0v) is 15.6. The Morgan fingerprint density at radius 2 is 1.91 bits per heavy atom. The molecule has 0 spiro atoms. The molecule has 0 saturated carbocycles. The van der Waals surface area contributed by atoms with E-state index in [0.717, 1.165) is 11.5 Å². The summed E-state index contributed by atoms with van der Waals surface area (Å²) in [7, 11) is 0. The zero-order chi connectivity index (χ0) is 15.8. The third-order valence-corrected chi connectivity index (χ3v) is 7.09. The van der Waals surface area contributed by atoms with Crippen LogP contribution in [0.25, 0.3) is 9.78 Å². The number of hydrogen-bond donors (Lipinski definition) is 2. The second-order valence-electron chi connectivity index (χ2n) is 6.15. The van der Waals surface area contributed by atoms with Crippen molar-refractivity contribution in [3.8, 4) is 0 Å². The Balaban J connectivity index is 1.85. The molecule has 1 aromatic carbocycles. The fourth-order valence-electron chi connectivity index (χ4n) is 3.23. The zero-order valence-electron chi connectivity index (χ0n) is 13.1. The number of benzene rings is 1. The number of fused-ring (bicyclic) bond motifs is 3. The van der Waals surface area contributed by atoms with Crippen molar-refractivity contribution in [2.45, 2.75) is 39.0 Å². The number of rotatable bonds is 2. The van der Waals surface area contributed by atoms with Crippen molar-refractivity contribution in [2.75, 3.05) is 5.32 Å². The Morgan fingerprint density at radius 1 is 1.13 bits per heavy atom. The van der Waals surface area contributed by atoms with Crippen LogP contribution in [0.5, 0.6) is 0 Å². The first-order valence-corrected chi connectivity index (χ1v) is 10.2. The molecule has 3 aromatic rings. The van der Waals surface area contributed by atoms with Crippen molar-refractivity contribution in [2.24, 2.45) is 0 Å². The molecule has 2 heterocycles. The molecule has 0 aliphatic heterocycles. The van der Waals surface area contributed by atoms with E-state index in [9.17, 15) is 0 Å². The average Bonchev–Trinajstić information content (AvgIpc) is 2.71. The van der Waals surface area contributed by atoms with E-state index in [1.807, 2.05) is 0 Å². The van der Waals surface area contributed by atoms with Gasteiger partial charge in [-0.3, -0.25) is 0 Å². The third-order valence-electron chi connectivity index (χ3n) is 4.41. The van der Waals surface area contributed by atoms with Crippen molar-refractivity contribution in [1.82, 2.24) is 9.97 Å². The first kappa shape index (κ1) is 15.1. The van der Waals surface area contributed by atoms with E-state index in [0.29, 0.717) is 19.3 Å². The van der Waals surface area contributed by atoms with Crippen LogP contribution in [-0.4, -0.2) is 24.5 Å². The molecule has 3 nitrogen and oxygen atoms in total. The predicted molar refractivity (Wildman–Crippen MR) is 99.6 cm³/mol. The number of anilines is 2. The number of aryl methyl sites for hydroxylation is 3. The molecule has 0 unspecified atom stereocenters. The molecule has 23 heavy (non-hydrogen) atoms. The maximum atomic E-state index is 5.35. The SMILES string of the molecule is Cc1ccc(Nc2[nH]c(=S)nc3[se]c4c(c23)CCCCC4)cc1. The molecule has 1 aliphatic carbocycles. The van der Waals surface area contributed by atoms with E-state index in [2.05, 4.69) is 46.5 Å². The van der Waals surface area contributed by atoms with E-state index >= 15 is 0 Å². The second kappa shape index (κ2) is 6.23. The number of nitrogens with zero attached hydrogens (tertiary/aromatic N) is 1. The van der Waals surface area contributed by atoms with Crippen molar-refractivity contribution < 1.29 is 0 Å². The predicted octanol–water partition coefficient (Wildman–Crippen LogP) is 4.67. The molecule has 0 bridgehead atoms. The molecule has 0 amide bonds. The Bertz CT molecular complexity index is 908. The quantitative estimate of drug-likeness (QED) is 0.381. The Hall–Kier alpha value is -1.42. The number of hydrogen-bond acceptors (Lipinski definition) is 3. The summed E-state index contributed by atoms with van der Waals surface area (Å²) in [4.78, 5) is 7.92. The van der Waals surface area contributed by atoms with Gasteiger partial charge in [-0.15, -0.1) is 0 Å². The van der Waals surface area contributed by atoms with Crippen LogP contribution in [0.15, 0.2) is 24.3 Å². The summed E-state index contributed by atoms with van der Waals surface area (Å²) in [6.07, 6.45) is 6.37. The summed E-state index contributed by atoms with van der Waals surface area (Å²) in [5.74, 6) is 1.03. The van der Waals surface area contributed by atoms with Crippen molar-refractivity contribution in [3.63, 3.8) is 0 Å². The molecular formula is C18H19N3SSe. The molecule has 5 heteroatoms. The van der Waals surface area contributed by atoms with Crippen LogP contribution >= 0.6 is 12.2 Å². The van der Waals surface area contributed by atoms with Crippen LogP contribution < -0.4 is 5.32 Å². The minimum atomic E-state index is 0.349. The topological polar surface area (TPSA) is 40.7 Å². The van der Waals surface area contributed by atoms with Crippen molar-refractivity contribution in [1.29, 1.82) is 0 Å². The molecule has 0 radical (unpaired) electrons. The van der Waals surface area contributed by atoms with E-state index in [1.165, 1.54) is 53.0 Å². The first-order chi connectivity index (χ1) is 11.2. The van der Waals surface area contributed by atoms with Crippen LogP contribution in [0.1, 0.15) is 34.8 Å². The van der Waals surface area contributed by atoms with Gasteiger partial charge >= 0.3 is 147 Å². The van der Waals surface area contributed by atoms with Crippen LogP contribution in [0.4, 0.5) is 11.5 Å². The van der Waals surface area contributed by atoms with Gasteiger partial charge in [0.2, 0.25) is 0 Å². The maximum absolute atomic E-state index is 5.35. The molecule has 0 saturated heterocycles. The number of H-pyrrole nitrogens is 1. The van der Waals surface area contributed by atoms with Gasteiger partial charge in [0.25, 0.3) is 0 Å². The standard InChI is InChI=1S/C18H19N3SSe/c1-11-7-9-12(10-8-11)19-16-15-13-5-3-2-4-6-14(13)23-17(15)21-18(22)20-16/h7-10H,2-6H2,1H3,(H2,19,20,21,22). The van der Waals surface area contributed by atoms with Crippen molar-refractivity contribution in [3.05, 3.63) is 44.6 Å². The molecule has 118 valence electrons. The van der Waals surface area contributed by atoms with E-state index in [1.54, 1.807) is 4.44 Å². The van der Waals surface area contributed by atoms with Gasteiger partial charge in [-0.25, -0.2) is 0 Å². The van der Waals surface area contributed by atoms with Gasteiger partial charge < -0.3 is 0 Å². The number of nitrogens with one attached hydrogen (secondary N) is 2. The van der Waals surface area contributed by atoms with Gasteiger partial charge in [-0.2, -0.15) is 0 Å². The molecule has 2 N–H and O–H groups in total. The minimum absolute atomic E-state index is 0.349. The second-order valence-corrected chi connectivity index (χ2v) is 8.81. The van der Waals surface area contributed by atoms with Crippen LogP contribution in [-0.2, 0) is 12.8 Å². The molecular weight excluding hydrogens is 369 g/mol. The Kier molecular flexibility index (Phi) is 4.10. The van der Waals surface area contributed by atoms with Gasteiger partial charge in [0.05, 0.1) is 0 Å². The summed E-state index contributed by atoms with van der Waals surface area (Å²) in [5.41, 5.74) is 3.89. The Morgan fingerprint density at radius 3 is 2.74 bits per heavy atom. The summed E-state index contributed by atoms with van der Waals surface area (Å²) in [6.45, 7) is 2.10. The fraction of sp³-hybridized carbons (Fsp3) is 0.333. The molecule has 0 fully saturated rings. The molecule has 2 aromatic heterocycles. The van der Waals surface area contributed by atoms with Gasteiger partial charge in [0, 0.05) is 0 Å². The van der Waals surface area contributed by atoms with E-state index < -0.39 is 0 Å². The normalized spacial score (nSPS) is 14.5. The van der Waals surface area contributed by atoms with Gasteiger partial charge in [-0.1, -0.05) is 0 Å². The van der Waals surface area contributed by atoms with Crippen molar-refractivity contribution >= 4 is 48.0 Å². The monoisotopic (exact) mass is 389 g/mol. The first-order valence-electron chi connectivity index (χ1n) is 8.09. The summed E-state index contributed by atoms with van der Waals surface area (Å²) in [5, 5.41) is 4.84. The fourth-order valence-corrected chi connectivity index (χ4v) is 6.22. The van der Waals surface area contributed by atoms with Gasteiger partial charge in [0.15, 0.2) is 0 Å². The summed E-state index contributed by atoms with van der Waals surface area (Å²) < 4.78 is 3.43. The summed E-state index contributed by atoms with van der Waals surface area (Å²) >= 11 is 5.70. The average molecular weight is 388 g/mol. The van der Waals surface area contributed by atoms with E-state index in [4.69, 9.17) is 12.2 Å². The van der Waals surface area contributed by atoms with Crippen LogP contribution in [0, 0.1) is 11.7 Å². The number of aromatic amines is 1. The van der Waals surface area contributed by atoms with E-state index in [-0.39, 0.29) is 0 Å². The molecule has 1 aliphatic rings. The molecule has 4 rings (SSSR count). The van der Waals surface area contributed by atoms with Gasteiger partial charge in [0.1, 0.15) is 0 Å². The molecule has 0 atom stereocenters. The van der Waals surface area contributed by atoms with Crippen LogP contribution in [0.3, 0.4) is 0 Å². The van der Waals surface area contributed by atoms with Gasteiger partial charge in [-0.05, 0) is 0 Å². The van der Waals surface area contributed by atoms with Crippen LogP contribution in [0.2, 0.25) is 0 Å². The third kappa shape index (κ3) is 3.01. The summed E-state index contributed by atoms with van der Waals surface area (Å²) in [6, 6.07) is 8.47. The number of aromatic nitrogens is 2. The Labute approximate surface area is 146 Å².